The maximum absolute atomic E-state index is 12.5. The Hall–Kier alpha value is -1.71. The van der Waals surface area contributed by atoms with Crippen LogP contribution in [0.15, 0.2) is 24.4 Å². The van der Waals surface area contributed by atoms with Crippen molar-refractivity contribution in [3.8, 4) is 0 Å². The molecule has 0 spiro atoms. The van der Waals surface area contributed by atoms with E-state index in [4.69, 9.17) is 0 Å². The summed E-state index contributed by atoms with van der Waals surface area (Å²) in [5, 5.41) is 4.23. The predicted octanol–water partition coefficient (Wildman–Crippen LogP) is 1.75. The van der Waals surface area contributed by atoms with Gasteiger partial charge in [-0.2, -0.15) is 0 Å². The van der Waals surface area contributed by atoms with E-state index in [0.717, 1.165) is 28.5 Å². The largest absolute Gasteiger partial charge is 0.352 e. The van der Waals surface area contributed by atoms with Gasteiger partial charge in [-0.15, -0.1) is 0 Å². The van der Waals surface area contributed by atoms with Crippen LogP contribution in [0.25, 0.3) is 10.9 Å². The van der Waals surface area contributed by atoms with E-state index in [2.05, 4.69) is 25.3 Å². The second kappa shape index (κ2) is 5.96. The number of benzene rings is 1. The maximum atomic E-state index is 12.5. The molecule has 0 atom stereocenters. The summed E-state index contributed by atoms with van der Waals surface area (Å²) in [6, 6.07) is 6.18. The van der Waals surface area contributed by atoms with Gasteiger partial charge in [-0.3, -0.25) is 4.79 Å². The summed E-state index contributed by atoms with van der Waals surface area (Å²) < 4.78 is 2.04. The van der Waals surface area contributed by atoms with Gasteiger partial charge in [-0.25, -0.2) is 0 Å². The monoisotopic (exact) mass is 282 g/mol. The molecule has 0 saturated heterocycles. The molecular formula is C17H23BN2O. The Balaban J connectivity index is 1.78. The minimum absolute atomic E-state index is 0.0699. The van der Waals surface area contributed by atoms with E-state index in [9.17, 15) is 4.79 Å². The second-order valence-corrected chi connectivity index (χ2v) is 6.34. The Labute approximate surface area is 127 Å². The summed E-state index contributed by atoms with van der Waals surface area (Å²) in [6.45, 7) is 0.821. The van der Waals surface area contributed by atoms with Gasteiger partial charge in [0.15, 0.2) is 0 Å². The van der Waals surface area contributed by atoms with Gasteiger partial charge in [0.1, 0.15) is 7.85 Å². The van der Waals surface area contributed by atoms with Crippen molar-refractivity contribution in [1.29, 1.82) is 0 Å². The highest BCUT2D eigenvalue weighted by Gasteiger charge is 2.18. The molecule has 21 heavy (non-hydrogen) atoms. The molecule has 1 N–H and O–H groups in total. The van der Waals surface area contributed by atoms with E-state index in [1.54, 1.807) is 0 Å². The highest BCUT2D eigenvalue weighted by Crippen LogP contribution is 2.23. The summed E-state index contributed by atoms with van der Waals surface area (Å²) >= 11 is 0. The molecule has 1 fully saturated rings. The molecule has 1 heterocycles. The SMILES string of the molecule is Bc1cccc2c1c(C(=O)NCC1CCCCC1)cn2C. The number of aromatic nitrogens is 1. The van der Waals surface area contributed by atoms with Gasteiger partial charge in [0.25, 0.3) is 5.91 Å². The van der Waals surface area contributed by atoms with E-state index in [1.807, 2.05) is 23.9 Å². The number of aryl methyl sites for hydroxylation is 1. The van der Waals surface area contributed by atoms with Crippen molar-refractivity contribution in [2.75, 3.05) is 6.54 Å². The minimum atomic E-state index is 0.0699. The third-order valence-corrected chi connectivity index (χ3v) is 4.74. The number of carbonyl (C=O) groups excluding carboxylic acids is 1. The lowest BCUT2D eigenvalue weighted by Gasteiger charge is -2.21. The second-order valence-electron chi connectivity index (χ2n) is 6.34. The number of hydrogen-bond donors (Lipinski definition) is 1. The lowest BCUT2D eigenvalue weighted by molar-refractivity contribution is 0.0945. The van der Waals surface area contributed by atoms with E-state index in [0.29, 0.717) is 5.92 Å². The van der Waals surface area contributed by atoms with Gasteiger partial charge >= 0.3 is 0 Å². The van der Waals surface area contributed by atoms with E-state index < -0.39 is 0 Å². The number of hydrogen-bond acceptors (Lipinski definition) is 1. The fourth-order valence-corrected chi connectivity index (χ4v) is 3.52. The summed E-state index contributed by atoms with van der Waals surface area (Å²) in [5.74, 6) is 0.735. The van der Waals surface area contributed by atoms with Crippen LogP contribution in [0.4, 0.5) is 0 Å². The number of carbonyl (C=O) groups is 1. The average molecular weight is 282 g/mol. The Bertz CT molecular complexity index is 656. The Morgan fingerprint density at radius 2 is 2.10 bits per heavy atom. The van der Waals surface area contributed by atoms with Crippen LogP contribution >= 0.6 is 0 Å². The van der Waals surface area contributed by atoms with Crippen LogP contribution in [0.5, 0.6) is 0 Å². The molecule has 1 aromatic heterocycles. The standard InChI is InChI=1S/C17H23BN2O/c1-20-11-13(16-14(18)8-5-9-15(16)20)17(21)19-10-12-6-3-2-4-7-12/h5,8-9,11-12H,2-4,6-7,10,18H2,1H3,(H,19,21). The lowest BCUT2D eigenvalue weighted by Crippen LogP contribution is -2.30. The van der Waals surface area contributed by atoms with Crippen LogP contribution in [0.1, 0.15) is 42.5 Å². The van der Waals surface area contributed by atoms with Crippen molar-refractivity contribution in [1.82, 2.24) is 9.88 Å². The molecule has 3 rings (SSSR count). The van der Waals surface area contributed by atoms with Gasteiger partial charge in [0.05, 0.1) is 5.56 Å². The lowest BCUT2D eigenvalue weighted by atomic mass is 9.89. The Morgan fingerprint density at radius 1 is 1.33 bits per heavy atom. The van der Waals surface area contributed by atoms with E-state index in [-0.39, 0.29) is 5.91 Å². The molecule has 3 nitrogen and oxygen atoms in total. The molecule has 1 aliphatic rings. The number of nitrogens with one attached hydrogen (secondary N) is 1. The molecule has 1 aliphatic carbocycles. The summed E-state index contributed by atoms with van der Waals surface area (Å²) in [5.41, 5.74) is 3.09. The molecule has 0 radical (unpaired) electrons. The van der Waals surface area contributed by atoms with Crippen molar-refractivity contribution >= 4 is 30.1 Å². The zero-order valence-corrected chi connectivity index (χ0v) is 13.0. The zero-order chi connectivity index (χ0) is 14.8. The summed E-state index contributed by atoms with van der Waals surface area (Å²) in [4.78, 5) is 12.5. The van der Waals surface area contributed by atoms with Gasteiger partial charge in [-0.1, -0.05) is 36.9 Å². The molecule has 0 bridgehead atoms. The van der Waals surface area contributed by atoms with Gasteiger partial charge in [0, 0.05) is 30.7 Å². The molecule has 0 unspecified atom stereocenters. The van der Waals surface area contributed by atoms with Crippen molar-refractivity contribution in [3.05, 3.63) is 30.0 Å². The molecule has 2 aromatic rings. The predicted molar refractivity (Wildman–Crippen MR) is 90.0 cm³/mol. The molecule has 1 saturated carbocycles. The van der Waals surface area contributed by atoms with Crippen molar-refractivity contribution in [2.45, 2.75) is 32.1 Å². The average Bonchev–Trinajstić information content (AvgIpc) is 2.85. The fourth-order valence-electron chi connectivity index (χ4n) is 3.52. The van der Waals surface area contributed by atoms with Crippen molar-refractivity contribution in [2.24, 2.45) is 13.0 Å². The Morgan fingerprint density at radius 3 is 2.86 bits per heavy atom. The number of rotatable bonds is 3. The number of nitrogens with zero attached hydrogens (tertiary/aromatic N) is 1. The van der Waals surface area contributed by atoms with Gasteiger partial charge < -0.3 is 9.88 Å². The summed E-state index contributed by atoms with van der Waals surface area (Å²) in [6.07, 6.45) is 8.45. The topological polar surface area (TPSA) is 34.0 Å². The molecule has 4 heteroatoms. The first kappa shape index (κ1) is 14.2. The number of fused-ring (bicyclic) bond motifs is 1. The summed E-state index contributed by atoms with van der Waals surface area (Å²) in [7, 11) is 4.07. The quantitative estimate of drug-likeness (QED) is 0.855. The molecule has 0 aliphatic heterocycles. The molecule has 110 valence electrons. The maximum Gasteiger partial charge on any atom is 0.253 e. The van der Waals surface area contributed by atoms with Crippen LogP contribution in [-0.2, 0) is 7.05 Å². The fraction of sp³-hybridized carbons (Fsp3) is 0.471. The minimum Gasteiger partial charge on any atom is -0.352 e. The third kappa shape index (κ3) is 2.85. The van der Waals surface area contributed by atoms with Crippen LogP contribution in [0, 0.1) is 5.92 Å². The smallest absolute Gasteiger partial charge is 0.253 e. The van der Waals surface area contributed by atoms with E-state index >= 15 is 0 Å². The number of amides is 1. The third-order valence-electron chi connectivity index (χ3n) is 4.74. The van der Waals surface area contributed by atoms with Gasteiger partial charge in [0.2, 0.25) is 0 Å². The first-order valence-corrected chi connectivity index (χ1v) is 7.99. The zero-order valence-electron chi connectivity index (χ0n) is 13.0. The first-order chi connectivity index (χ1) is 10.2. The Kier molecular flexibility index (Phi) is 4.04. The van der Waals surface area contributed by atoms with Crippen molar-refractivity contribution < 1.29 is 4.79 Å². The van der Waals surface area contributed by atoms with Crippen LogP contribution in [-0.4, -0.2) is 24.9 Å². The molecule has 1 amide bonds. The highest BCUT2D eigenvalue weighted by molar-refractivity contribution is 6.40. The highest BCUT2D eigenvalue weighted by atomic mass is 16.1. The molecular weight excluding hydrogens is 259 g/mol. The van der Waals surface area contributed by atoms with Crippen molar-refractivity contribution in [3.63, 3.8) is 0 Å². The van der Waals surface area contributed by atoms with Crippen LogP contribution in [0.2, 0.25) is 0 Å². The normalized spacial score (nSPS) is 16.2. The first-order valence-electron chi connectivity index (χ1n) is 7.99. The van der Waals surface area contributed by atoms with E-state index in [1.165, 1.54) is 32.1 Å². The van der Waals surface area contributed by atoms with Crippen LogP contribution < -0.4 is 10.8 Å². The molecule has 1 aromatic carbocycles. The van der Waals surface area contributed by atoms with Gasteiger partial charge in [-0.05, 0) is 24.8 Å². The van der Waals surface area contributed by atoms with Crippen LogP contribution in [0.3, 0.4) is 0 Å².